The van der Waals surface area contributed by atoms with Gasteiger partial charge in [0.05, 0.1) is 12.4 Å². The second kappa shape index (κ2) is 15.2. The molecule has 15 heteroatoms. The number of imidazole rings is 1. The first kappa shape index (κ1) is 31.0. The van der Waals surface area contributed by atoms with E-state index in [2.05, 4.69) is 25.9 Å². The van der Waals surface area contributed by atoms with Gasteiger partial charge in [-0.15, -0.1) is 0 Å². The molecule has 1 rings (SSSR count). The average molecular weight is 525 g/mol. The van der Waals surface area contributed by atoms with E-state index >= 15 is 0 Å². The van der Waals surface area contributed by atoms with E-state index in [4.69, 9.17) is 17.2 Å². The van der Waals surface area contributed by atoms with Crippen molar-refractivity contribution < 1.29 is 33.9 Å². The first-order valence-electron chi connectivity index (χ1n) is 11.7. The first-order chi connectivity index (χ1) is 17.3. The number of carboxylic acid groups (broad SMARTS) is 1. The third-order valence-electron chi connectivity index (χ3n) is 5.28. The predicted octanol–water partition coefficient (Wildman–Crippen LogP) is -2.60. The molecule has 1 aromatic heterocycles. The van der Waals surface area contributed by atoms with Crippen LogP contribution in [0.5, 0.6) is 0 Å². The summed E-state index contributed by atoms with van der Waals surface area (Å²) in [5.74, 6) is -5.03. The molecule has 1 aromatic rings. The van der Waals surface area contributed by atoms with E-state index in [1.165, 1.54) is 12.5 Å². The van der Waals surface area contributed by atoms with E-state index in [-0.39, 0.29) is 44.4 Å². The lowest BCUT2D eigenvalue weighted by atomic mass is 10.0. The normalized spacial score (nSPS) is 14.2. The van der Waals surface area contributed by atoms with Gasteiger partial charge in [0.1, 0.15) is 18.1 Å². The maximum atomic E-state index is 13.0. The lowest BCUT2D eigenvalue weighted by Crippen LogP contribution is -2.57. The van der Waals surface area contributed by atoms with Gasteiger partial charge in [-0.25, -0.2) is 9.78 Å². The van der Waals surface area contributed by atoms with Gasteiger partial charge in [0.2, 0.25) is 29.5 Å². The molecule has 4 unspecified atom stereocenters. The Morgan fingerprint density at radius 1 is 0.892 bits per heavy atom. The molecular weight excluding hydrogens is 488 g/mol. The highest BCUT2D eigenvalue weighted by Crippen LogP contribution is 2.09. The molecule has 0 spiro atoms. The van der Waals surface area contributed by atoms with Crippen LogP contribution in [0.25, 0.3) is 0 Å². The number of carbonyl (C=O) groups excluding carboxylic acids is 5. The zero-order valence-corrected chi connectivity index (χ0v) is 20.9. The van der Waals surface area contributed by atoms with Crippen LogP contribution in [0.2, 0.25) is 0 Å². The Bertz CT molecular complexity index is 951. The van der Waals surface area contributed by atoms with Gasteiger partial charge in [-0.2, -0.15) is 0 Å². The number of carboxylic acids is 1. The van der Waals surface area contributed by atoms with Crippen molar-refractivity contribution in [3.8, 4) is 0 Å². The van der Waals surface area contributed by atoms with Crippen molar-refractivity contribution in [3.05, 3.63) is 18.2 Å². The van der Waals surface area contributed by atoms with Crippen LogP contribution in [0.15, 0.2) is 12.5 Å². The Hall–Kier alpha value is -4.01. The number of aromatic nitrogens is 2. The van der Waals surface area contributed by atoms with Crippen LogP contribution in [0.3, 0.4) is 0 Å². The monoisotopic (exact) mass is 524 g/mol. The van der Waals surface area contributed by atoms with Gasteiger partial charge in [-0.3, -0.25) is 24.0 Å². The number of H-pyrrole nitrogens is 1. The van der Waals surface area contributed by atoms with Gasteiger partial charge in [0.25, 0.3) is 0 Å². The number of primary amides is 2. The average Bonchev–Trinajstić information content (AvgIpc) is 3.31. The molecule has 0 saturated carbocycles. The lowest BCUT2D eigenvalue weighted by molar-refractivity contribution is -0.142. The van der Waals surface area contributed by atoms with Crippen LogP contribution in [0.1, 0.15) is 51.6 Å². The van der Waals surface area contributed by atoms with Gasteiger partial charge >= 0.3 is 5.97 Å². The van der Waals surface area contributed by atoms with Crippen LogP contribution in [-0.4, -0.2) is 74.7 Å². The first-order valence-corrected chi connectivity index (χ1v) is 11.7. The summed E-state index contributed by atoms with van der Waals surface area (Å²) < 4.78 is 0. The maximum Gasteiger partial charge on any atom is 0.326 e. The van der Waals surface area contributed by atoms with Gasteiger partial charge < -0.3 is 43.2 Å². The topological polar surface area (TPSA) is 265 Å². The number of nitrogens with zero attached hydrogens (tertiary/aromatic N) is 1. The summed E-state index contributed by atoms with van der Waals surface area (Å²) in [5.41, 5.74) is 16.5. The minimum Gasteiger partial charge on any atom is -0.480 e. The van der Waals surface area contributed by atoms with Crippen LogP contribution < -0.4 is 33.2 Å². The standard InChI is InChI=1S/C22H36N8O7/c1-11(2)7-15(21(35)30-16(22(36)37)8-12-9-26-10-27-12)29-20(34)14(4-6-18(25)32)28-19(33)13(23)3-5-17(24)31/h9-11,13-16H,3-8,23H2,1-2H3,(H2,24,31)(H2,25,32)(H,26,27)(H,28,33)(H,29,34)(H,30,35)(H,36,37). The number of hydrogen-bond acceptors (Lipinski definition) is 8. The van der Waals surface area contributed by atoms with Crippen molar-refractivity contribution >= 4 is 35.5 Å². The Balaban J connectivity index is 2.99. The minimum absolute atomic E-state index is 0.0589. The highest BCUT2D eigenvalue weighted by atomic mass is 16.4. The van der Waals surface area contributed by atoms with Crippen molar-refractivity contribution in [1.29, 1.82) is 0 Å². The van der Waals surface area contributed by atoms with Crippen LogP contribution >= 0.6 is 0 Å². The summed E-state index contributed by atoms with van der Waals surface area (Å²) in [5, 5.41) is 16.9. The van der Waals surface area contributed by atoms with Crippen molar-refractivity contribution in [3.63, 3.8) is 0 Å². The molecular formula is C22H36N8O7. The van der Waals surface area contributed by atoms with E-state index < -0.39 is 59.7 Å². The maximum absolute atomic E-state index is 13.0. The molecule has 11 N–H and O–H groups in total. The summed E-state index contributed by atoms with van der Waals surface area (Å²) in [6.45, 7) is 3.60. The van der Waals surface area contributed by atoms with E-state index in [1.807, 2.05) is 0 Å². The van der Waals surface area contributed by atoms with Crippen molar-refractivity contribution in [2.75, 3.05) is 0 Å². The summed E-state index contributed by atoms with van der Waals surface area (Å²) >= 11 is 0. The summed E-state index contributed by atoms with van der Waals surface area (Å²) in [6, 6.07) is -4.87. The quantitative estimate of drug-likeness (QED) is 0.106. The number of nitrogens with one attached hydrogen (secondary N) is 4. The molecule has 0 aromatic carbocycles. The van der Waals surface area contributed by atoms with Gasteiger partial charge in [0.15, 0.2) is 0 Å². The smallest absolute Gasteiger partial charge is 0.326 e. The molecule has 37 heavy (non-hydrogen) atoms. The fourth-order valence-corrected chi connectivity index (χ4v) is 3.33. The summed E-state index contributed by atoms with van der Waals surface area (Å²) in [7, 11) is 0. The van der Waals surface area contributed by atoms with E-state index in [0.717, 1.165) is 0 Å². The molecule has 0 aliphatic heterocycles. The number of rotatable bonds is 17. The Labute approximate surface area is 213 Å². The third kappa shape index (κ3) is 12.0. The largest absolute Gasteiger partial charge is 0.480 e. The number of nitrogens with two attached hydrogens (primary N) is 3. The number of amides is 5. The fourth-order valence-electron chi connectivity index (χ4n) is 3.33. The molecule has 5 amide bonds. The van der Waals surface area contributed by atoms with Crippen LogP contribution in [-0.2, 0) is 35.2 Å². The molecule has 1 heterocycles. The van der Waals surface area contributed by atoms with Crippen LogP contribution in [0, 0.1) is 5.92 Å². The highest BCUT2D eigenvalue weighted by Gasteiger charge is 2.31. The molecule has 206 valence electrons. The highest BCUT2D eigenvalue weighted by molar-refractivity contribution is 5.94. The number of hydrogen-bond donors (Lipinski definition) is 8. The van der Waals surface area contributed by atoms with E-state index in [1.54, 1.807) is 13.8 Å². The van der Waals surface area contributed by atoms with Crippen molar-refractivity contribution in [2.45, 2.75) is 76.5 Å². The second-order valence-corrected chi connectivity index (χ2v) is 9.05. The molecule has 0 aliphatic carbocycles. The molecule has 0 bridgehead atoms. The Morgan fingerprint density at radius 2 is 1.43 bits per heavy atom. The zero-order chi connectivity index (χ0) is 28.1. The molecule has 0 radical (unpaired) electrons. The van der Waals surface area contributed by atoms with E-state index in [9.17, 15) is 33.9 Å². The van der Waals surface area contributed by atoms with Crippen molar-refractivity contribution in [1.82, 2.24) is 25.9 Å². The predicted molar refractivity (Wildman–Crippen MR) is 130 cm³/mol. The number of carbonyl (C=O) groups is 6. The second-order valence-electron chi connectivity index (χ2n) is 9.05. The number of aromatic amines is 1. The minimum atomic E-state index is -1.30. The molecule has 0 aliphatic rings. The lowest BCUT2D eigenvalue weighted by Gasteiger charge is -2.26. The van der Waals surface area contributed by atoms with Gasteiger partial charge in [-0.05, 0) is 25.2 Å². The van der Waals surface area contributed by atoms with Crippen molar-refractivity contribution in [2.24, 2.45) is 23.1 Å². The zero-order valence-electron chi connectivity index (χ0n) is 20.9. The third-order valence-corrected chi connectivity index (χ3v) is 5.28. The van der Waals surface area contributed by atoms with Crippen LogP contribution in [0.4, 0.5) is 0 Å². The van der Waals surface area contributed by atoms with Gasteiger partial charge in [-0.1, -0.05) is 13.8 Å². The molecule has 4 atom stereocenters. The summed E-state index contributed by atoms with van der Waals surface area (Å²) in [6.07, 6.45) is 2.26. The molecule has 0 fully saturated rings. The molecule has 0 saturated heterocycles. The molecule has 15 nitrogen and oxygen atoms in total. The van der Waals surface area contributed by atoms with Gasteiger partial charge in [0, 0.05) is 31.2 Å². The SMILES string of the molecule is CC(C)CC(NC(=O)C(CCC(N)=O)NC(=O)C(N)CCC(N)=O)C(=O)NC(Cc1cnc[nH]1)C(=O)O. The fraction of sp³-hybridized carbons (Fsp3) is 0.591. The Kier molecular flexibility index (Phi) is 12.7. The van der Waals surface area contributed by atoms with E-state index in [0.29, 0.717) is 5.69 Å². The number of aliphatic carboxylic acids is 1. The summed E-state index contributed by atoms with van der Waals surface area (Å²) in [4.78, 5) is 79.0. The Morgan fingerprint density at radius 3 is 1.95 bits per heavy atom.